The van der Waals surface area contributed by atoms with Crippen molar-refractivity contribution in [3.8, 4) is 0 Å². The van der Waals surface area contributed by atoms with Gasteiger partial charge in [0.15, 0.2) is 12.2 Å². The molecule has 0 aromatic carbocycles. The van der Waals surface area contributed by atoms with Crippen LogP contribution >= 0.6 is 15.6 Å². The summed E-state index contributed by atoms with van der Waals surface area (Å²) in [6.07, 6.45) is 69.7. The molecule has 0 rings (SSSR count). The van der Waals surface area contributed by atoms with Crippen LogP contribution in [-0.2, 0) is 65.4 Å². The molecule has 0 aliphatic rings. The van der Waals surface area contributed by atoms with Crippen LogP contribution in [0.15, 0.2) is 0 Å². The summed E-state index contributed by atoms with van der Waals surface area (Å²) in [6.45, 7) is 7.28. The summed E-state index contributed by atoms with van der Waals surface area (Å²) in [5.74, 6) is -1.40. The third-order valence-electron chi connectivity index (χ3n) is 19.8. The quantitative estimate of drug-likeness (QED) is 0.0222. The van der Waals surface area contributed by atoms with E-state index in [1.54, 1.807) is 0 Å². The van der Waals surface area contributed by atoms with Gasteiger partial charge in [-0.25, -0.2) is 9.13 Å². The van der Waals surface area contributed by atoms with E-state index in [1.807, 2.05) is 0 Å². The molecule has 0 aromatic heterocycles. The smallest absolute Gasteiger partial charge is 0.462 e. The molecule has 0 bridgehead atoms. The number of carbonyl (C=O) groups excluding carboxylic acids is 4. The molecule has 0 saturated heterocycles. The number of ether oxygens (including phenoxy) is 4. The Morgan fingerprint density at radius 1 is 0.262 bits per heavy atom. The molecular weight excluding hydrogens is 1340 g/mol. The second-order valence-corrected chi connectivity index (χ2v) is 33.6. The molecule has 0 aromatic rings. The van der Waals surface area contributed by atoms with Gasteiger partial charge in [-0.2, -0.15) is 0 Å². The normalized spacial score (nSPS) is 13.8. The van der Waals surface area contributed by atoms with E-state index in [0.717, 1.165) is 96.3 Å². The summed E-state index contributed by atoms with van der Waals surface area (Å²) in [5.41, 5.74) is 0. The zero-order valence-corrected chi connectivity index (χ0v) is 69.3. The molecule has 0 amide bonds. The Labute approximate surface area is 632 Å². The summed E-state index contributed by atoms with van der Waals surface area (Å²) in [5, 5.41) is 10.6. The number of unbranched alkanes of at least 4 members (excludes halogenated alkanes) is 56. The first-order chi connectivity index (χ1) is 50.0. The number of aliphatic hydroxyl groups is 1. The van der Waals surface area contributed by atoms with Gasteiger partial charge in [0, 0.05) is 25.7 Å². The minimum atomic E-state index is -4.96. The van der Waals surface area contributed by atoms with E-state index in [0.29, 0.717) is 31.6 Å². The summed E-state index contributed by atoms with van der Waals surface area (Å²) in [6, 6.07) is 0. The van der Waals surface area contributed by atoms with Gasteiger partial charge < -0.3 is 33.8 Å². The van der Waals surface area contributed by atoms with E-state index < -0.39 is 97.5 Å². The van der Waals surface area contributed by atoms with Crippen molar-refractivity contribution in [1.82, 2.24) is 0 Å². The average Bonchev–Trinajstić information content (AvgIpc) is 0.927. The SMILES string of the molecule is CCCCCCCCCCCCCCCCCCCCCCCCC(=O)O[C@H](COC(=O)CCCCCCCCCCCCCCCCCCCCCC)COP(=O)(O)OC[C@@H](O)COP(=O)(O)OC[C@@H](COC(=O)CCCCCCCCCC(C)C)OC(=O)CCCCCCCCCCCCC. The summed E-state index contributed by atoms with van der Waals surface area (Å²) >= 11 is 0. The molecule has 612 valence electrons. The number of phosphoric ester groups is 2. The summed E-state index contributed by atoms with van der Waals surface area (Å²) in [7, 11) is -9.92. The van der Waals surface area contributed by atoms with Crippen LogP contribution in [0.4, 0.5) is 0 Å². The van der Waals surface area contributed by atoms with Crippen molar-refractivity contribution in [2.24, 2.45) is 5.92 Å². The van der Waals surface area contributed by atoms with Crippen LogP contribution < -0.4 is 0 Å². The highest BCUT2D eigenvalue weighted by Crippen LogP contribution is 2.45. The molecule has 0 heterocycles. The fraction of sp³-hybridized carbons (Fsp3) is 0.952. The number of hydrogen-bond acceptors (Lipinski definition) is 15. The number of rotatable bonds is 84. The fourth-order valence-electron chi connectivity index (χ4n) is 13.1. The maximum absolute atomic E-state index is 13.1. The largest absolute Gasteiger partial charge is 0.472 e. The number of hydrogen-bond donors (Lipinski definition) is 3. The van der Waals surface area contributed by atoms with Crippen LogP contribution in [0.2, 0.25) is 0 Å². The van der Waals surface area contributed by atoms with Gasteiger partial charge in [-0.05, 0) is 31.6 Å². The molecule has 5 atom stereocenters. The molecule has 3 N–H and O–H groups in total. The van der Waals surface area contributed by atoms with Gasteiger partial charge in [-0.3, -0.25) is 37.3 Å². The molecule has 0 saturated carbocycles. The van der Waals surface area contributed by atoms with Crippen molar-refractivity contribution in [2.45, 2.75) is 470 Å². The van der Waals surface area contributed by atoms with Gasteiger partial charge in [0.1, 0.15) is 19.3 Å². The predicted octanol–water partition coefficient (Wildman–Crippen LogP) is 25.6. The second-order valence-electron chi connectivity index (χ2n) is 30.7. The maximum atomic E-state index is 13.1. The highest BCUT2D eigenvalue weighted by atomic mass is 31.2. The zero-order chi connectivity index (χ0) is 75.5. The minimum absolute atomic E-state index is 0.107. The molecule has 2 unspecified atom stereocenters. The first-order valence-electron chi connectivity index (χ1n) is 43.6. The van der Waals surface area contributed by atoms with Crippen LogP contribution in [-0.4, -0.2) is 96.7 Å². The van der Waals surface area contributed by atoms with Crippen LogP contribution in [0.25, 0.3) is 0 Å². The molecule has 0 spiro atoms. The standard InChI is InChI=1S/C84H164O17P2/c1-6-9-12-15-18-21-24-26-28-30-32-34-35-37-39-41-43-46-49-54-60-65-70-84(89)100-79(73-94-81(86)67-62-57-52-47-45-42-40-38-36-33-31-29-27-25-22-19-16-13-10-7-2)75-98-102(90,91)96-71-78(85)72-97-103(92,93)99-76-80(74-95-82(87)68-63-58-55-50-51-56-61-66-77(4)5)101-83(88)69-64-59-53-48-44-23-20-17-14-11-8-3/h77-80,85H,6-76H2,1-5H3,(H,90,91)(H,92,93)/t78-,79-,80-/m1/s1. The van der Waals surface area contributed by atoms with E-state index in [2.05, 4.69) is 34.6 Å². The molecule has 19 heteroatoms. The fourth-order valence-corrected chi connectivity index (χ4v) is 14.7. The molecule has 0 aliphatic heterocycles. The van der Waals surface area contributed by atoms with Crippen LogP contribution in [0.5, 0.6) is 0 Å². The van der Waals surface area contributed by atoms with Crippen molar-refractivity contribution in [3.05, 3.63) is 0 Å². The average molecular weight is 1510 g/mol. The van der Waals surface area contributed by atoms with E-state index in [-0.39, 0.29) is 25.7 Å². The van der Waals surface area contributed by atoms with Crippen LogP contribution in [0.3, 0.4) is 0 Å². The lowest BCUT2D eigenvalue weighted by atomic mass is 10.0. The molecule has 0 radical (unpaired) electrons. The maximum Gasteiger partial charge on any atom is 0.472 e. The Morgan fingerprint density at radius 2 is 0.447 bits per heavy atom. The molecule has 0 fully saturated rings. The lowest BCUT2D eigenvalue weighted by Crippen LogP contribution is -2.30. The van der Waals surface area contributed by atoms with Gasteiger partial charge in [0.05, 0.1) is 26.4 Å². The summed E-state index contributed by atoms with van der Waals surface area (Å²) in [4.78, 5) is 73.0. The number of esters is 4. The van der Waals surface area contributed by atoms with Gasteiger partial charge in [0.2, 0.25) is 0 Å². The third-order valence-corrected chi connectivity index (χ3v) is 21.7. The van der Waals surface area contributed by atoms with Gasteiger partial charge in [-0.1, -0.05) is 401 Å². The van der Waals surface area contributed by atoms with Crippen molar-refractivity contribution >= 4 is 39.5 Å². The van der Waals surface area contributed by atoms with E-state index in [9.17, 15) is 43.2 Å². The minimum Gasteiger partial charge on any atom is -0.462 e. The zero-order valence-electron chi connectivity index (χ0n) is 67.5. The van der Waals surface area contributed by atoms with Crippen molar-refractivity contribution in [1.29, 1.82) is 0 Å². The van der Waals surface area contributed by atoms with E-state index in [1.165, 1.54) is 270 Å². The van der Waals surface area contributed by atoms with Crippen molar-refractivity contribution < 1.29 is 80.2 Å². The lowest BCUT2D eigenvalue weighted by molar-refractivity contribution is -0.161. The first-order valence-corrected chi connectivity index (χ1v) is 46.6. The van der Waals surface area contributed by atoms with Gasteiger partial charge in [-0.15, -0.1) is 0 Å². The Hall–Kier alpha value is -1.94. The number of phosphoric acid groups is 2. The Morgan fingerprint density at radius 3 is 0.660 bits per heavy atom. The molecule has 103 heavy (non-hydrogen) atoms. The Balaban J connectivity index is 5.18. The molecule has 0 aliphatic carbocycles. The van der Waals surface area contributed by atoms with Crippen LogP contribution in [0.1, 0.15) is 452 Å². The number of aliphatic hydroxyl groups excluding tert-OH is 1. The highest BCUT2D eigenvalue weighted by Gasteiger charge is 2.30. The second kappa shape index (κ2) is 76.8. The third kappa shape index (κ3) is 78.0. The van der Waals surface area contributed by atoms with E-state index >= 15 is 0 Å². The molecule has 17 nitrogen and oxygen atoms in total. The van der Waals surface area contributed by atoms with Gasteiger partial charge in [0.25, 0.3) is 0 Å². The predicted molar refractivity (Wildman–Crippen MR) is 423 cm³/mol. The Kier molecular flexibility index (Phi) is 75.4. The summed E-state index contributed by atoms with van der Waals surface area (Å²) < 4.78 is 68.7. The Bertz CT molecular complexity index is 1960. The highest BCUT2D eigenvalue weighted by molar-refractivity contribution is 7.47. The van der Waals surface area contributed by atoms with E-state index in [4.69, 9.17) is 37.0 Å². The van der Waals surface area contributed by atoms with Gasteiger partial charge >= 0.3 is 39.5 Å². The molecular formula is C84H164O17P2. The first kappa shape index (κ1) is 101. The number of carbonyl (C=O) groups is 4. The van der Waals surface area contributed by atoms with Crippen molar-refractivity contribution in [3.63, 3.8) is 0 Å². The topological polar surface area (TPSA) is 237 Å². The monoisotopic (exact) mass is 1510 g/mol. The van der Waals surface area contributed by atoms with Crippen molar-refractivity contribution in [2.75, 3.05) is 39.6 Å². The van der Waals surface area contributed by atoms with Crippen LogP contribution in [0, 0.1) is 5.92 Å². The lowest BCUT2D eigenvalue weighted by Gasteiger charge is -2.21.